The molecule has 2 unspecified atom stereocenters. The lowest BCUT2D eigenvalue weighted by Gasteiger charge is -2.25. The molecule has 1 saturated heterocycles. The average molecular weight is 235 g/mol. The van der Waals surface area contributed by atoms with E-state index in [1.165, 1.54) is 36.9 Å². The van der Waals surface area contributed by atoms with Crippen LogP contribution in [-0.4, -0.2) is 29.5 Å². The maximum absolute atomic E-state index is 5.41. The van der Waals surface area contributed by atoms with E-state index in [-0.39, 0.29) is 0 Å². The summed E-state index contributed by atoms with van der Waals surface area (Å²) in [5.41, 5.74) is 2.83. The van der Waals surface area contributed by atoms with Crippen LogP contribution in [-0.2, 0) is 18.2 Å². The normalized spacial score (nSPS) is 28.3. The van der Waals surface area contributed by atoms with Crippen molar-refractivity contribution in [1.29, 1.82) is 0 Å². The largest absolute Gasteiger partial charge is 0.381 e. The van der Waals surface area contributed by atoms with E-state index in [0.717, 1.165) is 19.8 Å². The summed E-state index contributed by atoms with van der Waals surface area (Å²) in [6.45, 7) is 2.95. The Morgan fingerprint density at radius 3 is 3.29 bits per heavy atom. The summed E-state index contributed by atoms with van der Waals surface area (Å²) in [5.74, 6) is 0.706. The summed E-state index contributed by atoms with van der Waals surface area (Å²) in [6.07, 6.45) is 6.94. The molecule has 2 aliphatic rings. The lowest BCUT2D eigenvalue weighted by molar-refractivity contribution is 0.184. The molecule has 0 aromatic carbocycles. The van der Waals surface area contributed by atoms with Gasteiger partial charge in [-0.2, -0.15) is 5.10 Å². The minimum absolute atomic E-state index is 0.507. The molecule has 4 nitrogen and oxygen atoms in total. The summed E-state index contributed by atoms with van der Waals surface area (Å²) in [7, 11) is 2.05. The summed E-state index contributed by atoms with van der Waals surface area (Å²) in [6, 6.07) is 0.507. The van der Waals surface area contributed by atoms with E-state index >= 15 is 0 Å². The van der Waals surface area contributed by atoms with Gasteiger partial charge in [0.2, 0.25) is 0 Å². The van der Waals surface area contributed by atoms with E-state index in [4.69, 9.17) is 4.74 Å². The molecule has 0 spiro atoms. The molecule has 1 N–H and O–H groups in total. The SMILES string of the molecule is Cn1ncc2c1CCCC2NCC1CCOC1. The van der Waals surface area contributed by atoms with Gasteiger partial charge in [-0.05, 0) is 31.6 Å². The molecule has 0 saturated carbocycles. The van der Waals surface area contributed by atoms with E-state index in [1.807, 2.05) is 17.9 Å². The number of aromatic nitrogens is 2. The van der Waals surface area contributed by atoms with Crippen LogP contribution in [0.4, 0.5) is 0 Å². The molecule has 2 atom stereocenters. The highest BCUT2D eigenvalue weighted by molar-refractivity contribution is 5.24. The van der Waals surface area contributed by atoms with E-state index in [1.54, 1.807) is 0 Å². The van der Waals surface area contributed by atoms with Gasteiger partial charge >= 0.3 is 0 Å². The number of hydrogen-bond donors (Lipinski definition) is 1. The molecule has 94 valence electrons. The van der Waals surface area contributed by atoms with Gasteiger partial charge in [0.25, 0.3) is 0 Å². The third-order valence-electron chi connectivity index (χ3n) is 4.05. The standard InChI is InChI=1S/C13H21N3O/c1-16-13-4-2-3-12(11(13)8-15-16)14-7-10-5-6-17-9-10/h8,10,12,14H,2-7,9H2,1H3. The number of fused-ring (bicyclic) bond motifs is 1. The molecule has 2 heterocycles. The Morgan fingerprint density at radius 1 is 1.53 bits per heavy atom. The van der Waals surface area contributed by atoms with Crippen molar-refractivity contribution >= 4 is 0 Å². The van der Waals surface area contributed by atoms with Gasteiger partial charge in [-0.15, -0.1) is 0 Å². The molecular weight excluding hydrogens is 214 g/mol. The fraction of sp³-hybridized carbons (Fsp3) is 0.769. The zero-order valence-corrected chi connectivity index (χ0v) is 10.5. The Hall–Kier alpha value is -0.870. The quantitative estimate of drug-likeness (QED) is 0.861. The molecule has 1 aromatic rings. The van der Waals surface area contributed by atoms with Crippen molar-refractivity contribution in [3.05, 3.63) is 17.5 Å². The predicted molar refractivity (Wildman–Crippen MR) is 65.8 cm³/mol. The molecule has 4 heteroatoms. The van der Waals surface area contributed by atoms with Gasteiger partial charge in [-0.25, -0.2) is 0 Å². The third kappa shape index (κ3) is 2.24. The van der Waals surface area contributed by atoms with Crippen molar-refractivity contribution in [2.24, 2.45) is 13.0 Å². The topological polar surface area (TPSA) is 39.1 Å². The van der Waals surface area contributed by atoms with Gasteiger partial charge in [0.1, 0.15) is 0 Å². The van der Waals surface area contributed by atoms with Crippen molar-refractivity contribution in [2.75, 3.05) is 19.8 Å². The van der Waals surface area contributed by atoms with Gasteiger partial charge in [0, 0.05) is 37.5 Å². The number of aryl methyl sites for hydroxylation is 1. The summed E-state index contributed by atoms with van der Waals surface area (Å²) < 4.78 is 7.44. The minimum atomic E-state index is 0.507. The average Bonchev–Trinajstić information content (AvgIpc) is 2.97. The molecule has 0 radical (unpaired) electrons. The zero-order chi connectivity index (χ0) is 11.7. The second kappa shape index (κ2) is 4.78. The van der Waals surface area contributed by atoms with Crippen molar-refractivity contribution in [2.45, 2.75) is 31.7 Å². The van der Waals surface area contributed by atoms with E-state index in [9.17, 15) is 0 Å². The lowest BCUT2D eigenvalue weighted by atomic mass is 9.92. The lowest BCUT2D eigenvalue weighted by Crippen LogP contribution is -2.30. The van der Waals surface area contributed by atoms with Crippen LogP contribution in [0.3, 0.4) is 0 Å². The Kier molecular flexibility index (Phi) is 3.16. The number of hydrogen-bond acceptors (Lipinski definition) is 3. The molecular formula is C13H21N3O. The maximum Gasteiger partial charge on any atom is 0.0540 e. The molecule has 17 heavy (non-hydrogen) atoms. The van der Waals surface area contributed by atoms with Crippen LogP contribution in [0.2, 0.25) is 0 Å². The minimum Gasteiger partial charge on any atom is -0.381 e. The number of rotatable bonds is 3. The highest BCUT2D eigenvalue weighted by Gasteiger charge is 2.24. The predicted octanol–water partition coefficient (Wildman–Crippen LogP) is 1.42. The van der Waals surface area contributed by atoms with Crippen LogP contribution < -0.4 is 5.32 Å². The molecule has 0 amide bonds. The van der Waals surface area contributed by atoms with E-state index in [0.29, 0.717) is 12.0 Å². The third-order valence-corrected chi connectivity index (χ3v) is 4.05. The Labute approximate surface area is 102 Å². The molecule has 0 bridgehead atoms. The highest BCUT2D eigenvalue weighted by atomic mass is 16.5. The number of nitrogens with one attached hydrogen (secondary N) is 1. The van der Waals surface area contributed by atoms with Gasteiger partial charge in [0.15, 0.2) is 0 Å². The second-order valence-electron chi connectivity index (χ2n) is 5.25. The first-order valence-electron chi connectivity index (χ1n) is 6.66. The second-order valence-corrected chi connectivity index (χ2v) is 5.25. The summed E-state index contributed by atoms with van der Waals surface area (Å²) in [4.78, 5) is 0. The van der Waals surface area contributed by atoms with Crippen molar-refractivity contribution in [3.63, 3.8) is 0 Å². The van der Waals surface area contributed by atoms with Gasteiger partial charge in [-0.1, -0.05) is 0 Å². The van der Waals surface area contributed by atoms with Crippen LogP contribution in [0.1, 0.15) is 36.6 Å². The zero-order valence-electron chi connectivity index (χ0n) is 10.5. The van der Waals surface area contributed by atoms with Crippen LogP contribution >= 0.6 is 0 Å². The highest BCUT2D eigenvalue weighted by Crippen LogP contribution is 2.29. The van der Waals surface area contributed by atoms with E-state index < -0.39 is 0 Å². The van der Waals surface area contributed by atoms with Crippen molar-refractivity contribution in [3.8, 4) is 0 Å². The van der Waals surface area contributed by atoms with Gasteiger partial charge in [0.05, 0.1) is 12.8 Å². The first kappa shape index (κ1) is 11.2. The maximum atomic E-state index is 5.41. The monoisotopic (exact) mass is 235 g/mol. The molecule has 1 aromatic heterocycles. The smallest absolute Gasteiger partial charge is 0.0540 e. The van der Waals surface area contributed by atoms with Crippen LogP contribution in [0.5, 0.6) is 0 Å². The molecule has 1 fully saturated rings. The first-order chi connectivity index (χ1) is 8.34. The summed E-state index contributed by atoms with van der Waals surface area (Å²) in [5, 5.41) is 8.08. The van der Waals surface area contributed by atoms with Crippen LogP contribution in [0.15, 0.2) is 6.20 Å². The van der Waals surface area contributed by atoms with Crippen molar-refractivity contribution < 1.29 is 4.74 Å². The first-order valence-corrected chi connectivity index (χ1v) is 6.66. The fourth-order valence-electron chi connectivity index (χ4n) is 2.97. The van der Waals surface area contributed by atoms with E-state index in [2.05, 4.69) is 10.4 Å². The Balaban J connectivity index is 1.64. The van der Waals surface area contributed by atoms with Gasteiger partial charge in [-0.3, -0.25) is 4.68 Å². The molecule has 1 aliphatic carbocycles. The fourth-order valence-corrected chi connectivity index (χ4v) is 2.97. The van der Waals surface area contributed by atoms with Crippen LogP contribution in [0.25, 0.3) is 0 Å². The number of ether oxygens (including phenoxy) is 1. The summed E-state index contributed by atoms with van der Waals surface area (Å²) >= 11 is 0. The van der Waals surface area contributed by atoms with Crippen LogP contribution in [0, 0.1) is 5.92 Å². The van der Waals surface area contributed by atoms with Gasteiger partial charge < -0.3 is 10.1 Å². The molecule has 3 rings (SSSR count). The number of nitrogens with zero attached hydrogens (tertiary/aromatic N) is 2. The Morgan fingerprint density at radius 2 is 2.47 bits per heavy atom. The Bertz CT molecular complexity index is 382. The van der Waals surface area contributed by atoms with Crippen molar-refractivity contribution in [1.82, 2.24) is 15.1 Å². The molecule has 1 aliphatic heterocycles.